The molecule has 2 aromatic rings. The molecule has 0 fully saturated rings. The van der Waals surface area contributed by atoms with Gasteiger partial charge in [0.25, 0.3) is 0 Å². The molecule has 1 atom stereocenters. The first-order valence-electron chi connectivity index (χ1n) is 12.8. The number of urea groups is 1. The van der Waals surface area contributed by atoms with Crippen molar-refractivity contribution in [2.24, 2.45) is 0 Å². The van der Waals surface area contributed by atoms with E-state index in [1.807, 2.05) is 25.1 Å². The Morgan fingerprint density at radius 3 is 2.32 bits per heavy atom. The lowest BCUT2D eigenvalue weighted by molar-refractivity contribution is -0.150. The number of nitrogens with one attached hydrogen (secondary N) is 1. The molecule has 2 N–H and O–H groups in total. The SMILES string of the molecule is CCOC(Cc1ccc(OCCN(CCCCCCC(F)(F)F)C(=O)Nc2ccccc2C)cc1)C(=O)O. The van der Waals surface area contributed by atoms with Crippen LogP contribution in [0.5, 0.6) is 5.75 Å². The number of amides is 2. The summed E-state index contributed by atoms with van der Waals surface area (Å²) in [7, 11) is 0. The van der Waals surface area contributed by atoms with Crippen LogP contribution in [-0.2, 0) is 16.0 Å². The molecular weight excluding hydrogens is 501 g/mol. The fourth-order valence-corrected chi connectivity index (χ4v) is 3.83. The van der Waals surface area contributed by atoms with Gasteiger partial charge < -0.3 is 24.8 Å². The van der Waals surface area contributed by atoms with Crippen molar-refractivity contribution in [2.75, 3.05) is 31.6 Å². The first-order chi connectivity index (χ1) is 18.1. The van der Waals surface area contributed by atoms with Gasteiger partial charge >= 0.3 is 18.2 Å². The van der Waals surface area contributed by atoms with E-state index in [1.54, 1.807) is 42.2 Å². The molecule has 0 aromatic heterocycles. The highest BCUT2D eigenvalue weighted by Crippen LogP contribution is 2.23. The second kappa shape index (κ2) is 15.9. The van der Waals surface area contributed by atoms with E-state index in [0.717, 1.165) is 11.1 Å². The number of aliphatic carboxylic acids is 1. The zero-order chi connectivity index (χ0) is 28.0. The number of halogens is 3. The largest absolute Gasteiger partial charge is 0.492 e. The van der Waals surface area contributed by atoms with E-state index < -0.39 is 24.7 Å². The number of carboxylic acids is 1. The number of hydrogen-bond donors (Lipinski definition) is 2. The lowest BCUT2D eigenvalue weighted by Gasteiger charge is -2.24. The summed E-state index contributed by atoms with van der Waals surface area (Å²) in [4.78, 5) is 25.9. The van der Waals surface area contributed by atoms with Crippen LogP contribution in [0.25, 0.3) is 0 Å². The third kappa shape index (κ3) is 11.9. The molecule has 10 heteroatoms. The summed E-state index contributed by atoms with van der Waals surface area (Å²) in [6, 6.07) is 14.1. The van der Waals surface area contributed by atoms with Crippen molar-refractivity contribution in [1.82, 2.24) is 4.90 Å². The van der Waals surface area contributed by atoms with Gasteiger partial charge in [-0.15, -0.1) is 0 Å². The molecule has 0 aliphatic heterocycles. The van der Waals surface area contributed by atoms with E-state index in [0.29, 0.717) is 43.9 Å². The molecule has 2 rings (SSSR count). The summed E-state index contributed by atoms with van der Waals surface area (Å²) < 4.78 is 48.1. The van der Waals surface area contributed by atoms with Crippen LogP contribution in [0.2, 0.25) is 0 Å². The van der Waals surface area contributed by atoms with E-state index >= 15 is 0 Å². The maximum atomic E-state index is 13.0. The zero-order valence-corrected chi connectivity index (χ0v) is 21.9. The summed E-state index contributed by atoms with van der Waals surface area (Å²) >= 11 is 0. The van der Waals surface area contributed by atoms with Crippen LogP contribution in [0.4, 0.5) is 23.7 Å². The quantitative estimate of drug-likeness (QED) is 0.240. The van der Waals surface area contributed by atoms with Crippen LogP contribution >= 0.6 is 0 Å². The monoisotopic (exact) mass is 538 g/mol. The van der Waals surface area contributed by atoms with Crippen molar-refractivity contribution in [2.45, 2.75) is 64.7 Å². The molecule has 0 aliphatic carbocycles. The van der Waals surface area contributed by atoms with E-state index in [4.69, 9.17) is 9.47 Å². The van der Waals surface area contributed by atoms with E-state index in [2.05, 4.69) is 5.32 Å². The number of rotatable bonds is 16. The van der Waals surface area contributed by atoms with Gasteiger partial charge in [0.05, 0.1) is 6.54 Å². The van der Waals surface area contributed by atoms with Gasteiger partial charge in [0, 0.05) is 31.7 Å². The third-order valence-electron chi connectivity index (χ3n) is 5.93. The Balaban J connectivity index is 1.90. The molecule has 210 valence electrons. The molecule has 7 nitrogen and oxygen atoms in total. The van der Waals surface area contributed by atoms with Crippen molar-refractivity contribution in [3.05, 3.63) is 59.7 Å². The third-order valence-corrected chi connectivity index (χ3v) is 5.93. The lowest BCUT2D eigenvalue weighted by Crippen LogP contribution is -2.38. The minimum absolute atomic E-state index is 0.0792. The van der Waals surface area contributed by atoms with Gasteiger partial charge in [0.1, 0.15) is 12.4 Å². The molecule has 2 amide bonds. The highest BCUT2D eigenvalue weighted by atomic mass is 19.4. The van der Waals surface area contributed by atoms with E-state index in [9.17, 15) is 27.9 Å². The Kier molecular flexibility index (Phi) is 12.9. The van der Waals surface area contributed by atoms with E-state index in [-0.39, 0.29) is 32.0 Å². The maximum Gasteiger partial charge on any atom is 0.389 e. The predicted molar refractivity (Wildman–Crippen MR) is 140 cm³/mol. The number of aryl methyl sites for hydroxylation is 1. The summed E-state index contributed by atoms with van der Waals surface area (Å²) in [6.45, 7) is 4.82. The molecule has 0 saturated heterocycles. The average molecular weight is 539 g/mol. The van der Waals surface area contributed by atoms with Gasteiger partial charge in [-0.2, -0.15) is 13.2 Å². The fraction of sp³-hybridized carbons (Fsp3) is 0.500. The van der Waals surface area contributed by atoms with Gasteiger partial charge in [-0.25, -0.2) is 9.59 Å². The van der Waals surface area contributed by atoms with Crippen LogP contribution in [-0.4, -0.2) is 60.6 Å². The highest BCUT2D eigenvalue weighted by molar-refractivity contribution is 5.90. The number of hydrogen-bond acceptors (Lipinski definition) is 4. The molecule has 0 spiro atoms. The van der Waals surface area contributed by atoms with Gasteiger partial charge in [-0.3, -0.25) is 0 Å². The van der Waals surface area contributed by atoms with Crippen molar-refractivity contribution < 1.29 is 37.3 Å². The number of unbranched alkanes of at least 4 members (excludes halogenated alkanes) is 3. The molecule has 0 heterocycles. The number of anilines is 1. The summed E-state index contributed by atoms with van der Waals surface area (Å²) in [6.07, 6.45) is -3.92. The summed E-state index contributed by atoms with van der Waals surface area (Å²) in [5.41, 5.74) is 2.40. The highest BCUT2D eigenvalue weighted by Gasteiger charge is 2.25. The van der Waals surface area contributed by atoms with Crippen LogP contribution in [0, 0.1) is 6.92 Å². The second-order valence-corrected chi connectivity index (χ2v) is 8.99. The number of nitrogens with zero attached hydrogens (tertiary/aromatic N) is 1. The molecule has 38 heavy (non-hydrogen) atoms. The molecule has 0 saturated carbocycles. The van der Waals surface area contributed by atoms with Gasteiger partial charge in [0.2, 0.25) is 0 Å². The molecule has 0 aliphatic rings. The fourth-order valence-electron chi connectivity index (χ4n) is 3.83. The van der Waals surface area contributed by atoms with Gasteiger partial charge in [0.15, 0.2) is 6.10 Å². The Labute approximate surface area is 221 Å². The standard InChI is InChI=1S/C28H37F3N2O5/c1-3-37-25(26(34)35)20-22-12-14-23(15-13-22)38-19-18-33(17-9-5-4-8-16-28(29,30)31)27(36)32-24-11-7-6-10-21(24)2/h6-7,10-15,25H,3-5,8-9,16-20H2,1-2H3,(H,32,36)(H,34,35). The van der Waals surface area contributed by atoms with Crippen molar-refractivity contribution in [1.29, 1.82) is 0 Å². The number of benzene rings is 2. The molecule has 1 unspecified atom stereocenters. The van der Waals surface area contributed by atoms with Crippen molar-refractivity contribution in [3.63, 3.8) is 0 Å². The smallest absolute Gasteiger partial charge is 0.389 e. The number of alkyl halides is 3. The first-order valence-corrected chi connectivity index (χ1v) is 12.8. The maximum absolute atomic E-state index is 13.0. The Bertz CT molecular complexity index is 999. The number of carbonyl (C=O) groups excluding carboxylic acids is 1. The average Bonchev–Trinajstić information content (AvgIpc) is 2.86. The normalized spacial score (nSPS) is 12.1. The topological polar surface area (TPSA) is 88.1 Å². The van der Waals surface area contributed by atoms with Gasteiger partial charge in [-0.05, 0) is 56.0 Å². The second-order valence-electron chi connectivity index (χ2n) is 8.99. The summed E-state index contributed by atoms with van der Waals surface area (Å²) in [5.74, 6) is -0.444. The summed E-state index contributed by atoms with van der Waals surface area (Å²) in [5, 5.41) is 12.1. The van der Waals surface area contributed by atoms with Crippen LogP contribution < -0.4 is 10.1 Å². The Morgan fingerprint density at radius 2 is 1.68 bits per heavy atom. The Hall–Kier alpha value is -3.27. The number of carboxylic acid groups (broad SMARTS) is 1. The molecule has 2 aromatic carbocycles. The van der Waals surface area contributed by atoms with Crippen LogP contribution in [0.3, 0.4) is 0 Å². The molecular formula is C28H37F3N2O5. The first kappa shape index (κ1) is 31.0. The number of carbonyl (C=O) groups is 2. The predicted octanol–water partition coefficient (Wildman–Crippen LogP) is 6.45. The van der Waals surface area contributed by atoms with E-state index in [1.165, 1.54) is 0 Å². The minimum atomic E-state index is -4.14. The molecule has 0 bridgehead atoms. The van der Waals surface area contributed by atoms with Crippen molar-refractivity contribution >= 4 is 17.7 Å². The number of para-hydroxylation sites is 1. The molecule has 0 radical (unpaired) electrons. The lowest BCUT2D eigenvalue weighted by atomic mass is 10.1. The van der Waals surface area contributed by atoms with Gasteiger partial charge in [-0.1, -0.05) is 43.2 Å². The Morgan fingerprint density at radius 1 is 1.00 bits per heavy atom. The zero-order valence-electron chi connectivity index (χ0n) is 21.9. The van der Waals surface area contributed by atoms with Crippen molar-refractivity contribution in [3.8, 4) is 5.75 Å². The minimum Gasteiger partial charge on any atom is -0.492 e. The van der Waals surface area contributed by atoms with Crippen LogP contribution in [0.15, 0.2) is 48.5 Å². The van der Waals surface area contributed by atoms with Crippen LogP contribution in [0.1, 0.15) is 50.2 Å². The number of ether oxygens (including phenoxy) is 2.